The first kappa shape index (κ1) is 16.4. The van der Waals surface area contributed by atoms with Gasteiger partial charge in [-0.3, -0.25) is 9.78 Å². The standard InChI is InChI=1S/C16H16ClFN2O2/c1-22-9-8-20(16(21)12-4-6-19-7-5-12)11-13-2-3-14(18)10-15(13)17/h2-7,10H,8-9,11H2,1H3. The van der Waals surface area contributed by atoms with Crippen LogP contribution in [-0.2, 0) is 11.3 Å². The molecule has 0 N–H and O–H groups in total. The topological polar surface area (TPSA) is 42.4 Å². The summed E-state index contributed by atoms with van der Waals surface area (Å²) in [5.41, 5.74) is 1.21. The van der Waals surface area contributed by atoms with E-state index in [9.17, 15) is 9.18 Å². The molecular weight excluding hydrogens is 307 g/mol. The van der Waals surface area contributed by atoms with Crippen LogP contribution in [0.15, 0.2) is 42.7 Å². The van der Waals surface area contributed by atoms with E-state index in [1.807, 2.05) is 0 Å². The van der Waals surface area contributed by atoms with Crippen molar-refractivity contribution in [2.24, 2.45) is 0 Å². The van der Waals surface area contributed by atoms with Crippen LogP contribution in [0.25, 0.3) is 0 Å². The van der Waals surface area contributed by atoms with E-state index < -0.39 is 5.82 Å². The predicted octanol–water partition coefficient (Wildman–Crippen LogP) is 3.16. The first-order chi connectivity index (χ1) is 10.6. The Morgan fingerprint density at radius 3 is 2.68 bits per heavy atom. The van der Waals surface area contributed by atoms with E-state index in [2.05, 4.69) is 4.98 Å². The number of methoxy groups -OCH3 is 1. The minimum absolute atomic E-state index is 0.153. The zero-order valence-electron chi connectivity index (χ0n) is 12.1. The zero-order chi connectivity index (χ0) is 15.9. The summed E-state index contributed by atoms with van der Waals surface area (Å²) in [5, 5.41) is 0.296. The van der Waals surface area contributed by atoms with Crippen molar-refractivity contribution in [3.8, 4) is 0 Å². The molecule has 4 nitrogen and oxygen atoms in total. The van der Waals surface area contributed by atoms with Gasteiger partial charge in [0, 0.05) is 43.2 Å². The van der Waals surface area contributed by atoms with Crippen LogP contribution in [0.3, 0.4) is 0 Å². The molecule has 0 aliphatic rings. The lowest BCUT2D eigenvalue weighted by Gasteiger charge is -2.23. The molecule has 1 aromatic carbocycles. The van der Waals surface area contributed by atoms with E-state index >= 15 is 0 Å². The highest BCUT2D eigenvalue weighted by Gasteiger charge is 2.17. The van der Waals surface area contributed by atoms with Gasteiger partial charge in [-0.25, -0.2) is 4.39 Å². The Balaban J connectivity index is 2.20. The lowest BCUT2D eigenvalue weighted by Crippen LogP contribution is -2.33. The van der Waals surface area contributed by atoms with E-state index in [0.29, 0.717) is 29.3 Å². The molecule has 1 aromatic heterocycles. The number of amides is 1. The Bertz CT molecular complexity index is 637. The van der Waals surface area contributed by atoms with Gasteiger partial charge in [0.1, 0.15) is 5.82 Å². The molecular formula is C16H16ClFN2O2. The number of carbonyl (C=O) groups excluding carboxylic acids is 1. The van der Waals surface area contributed by atoms with E-state index in [1.165, 1.54) is 12.1 Å². The van der Waals surface area contributed by atoms with Crippen molar-refractivity contribution in [2.45, 2.75) is 6.54 Å². The van der Waals surface area contributed by atoms with E-state index in [4.69, 9.17) is 16.3 Å². The number of carbonyl (C=O) groups is 1. The fraction of sp³-hybridized carbons (Fsp3) is 0.250. The molecule has 22 heavy (non-hydrogen) atoms. The number of halogens is 2. The van der Waals surface area contributed by atoms with Crippen LogP contribution in [0.1, 0.15) is 15.9 Å². The maximum Gasteiger partial charge on any atom is 0.254 e. The van der Waals surface area contributed by atoms with Crippen LogP contribution in [0, 0.1) is 5.82 Å². The fourth-order valence-electron chi connectivity index (χ4n) is 1.99. The van der Waals surface area contributed by atoms with Gasteiger partial charge >= 0.3 is 0 Å². The van der Waals surface area contributed by atoms with Crippen LogP contribution >= 0.6 is 11.6 Å². The van der Waals surface area contributed by atoms with Crippen molar-refractivity contribution in [2.75, 3.05) is 20.3 Å². The highest BCUT2D eigenvalue weighted by atomic mass is 35.5. The minimum Gasteiger partial charge on any atom is -0.383 e. The predicted molar refractivity (Wildman–Crippen MR) is 82.3 cm³/mol. The number of pyridine rings is 1. The number of hydrogen-bond acceptors (Lipinski definition) is 3. The number of rotatable bonds is 6. The maximum absolute atomic E-state index is 13.1. The van der Waals surface area contributed by atoms with Gasteiger partial charge in [0.15, 0.2) is 0 Å². The summed E-state index contributed by atoms with van der Waals surface area (Å²) in [6.45, 7) is 1.09. The molecule has 0 aliphatic carbocycles. The average molecular weight is 323 g/mol. The van der Waals surface area contributed by atoms with Crippen molar-refractivity contribution >= 4 is 17.5 Å². The Hall–Kier alpha value is -1.98. The monoisotopic (exact) mass is 322 g/mol. The van der Waals surface area contributed by atoms with Gasteiger partial charge in [-0.1, -0.05) is 17.7 Å². The SMILES string of the molecule is COCCN(Cc1ccc(F)cc1Cl)C(=O)c1ccncc1. The van der Waals surface area contributed by atoms with Crippen LogP contribution in [0.2, 0.25) is 5.02 Å². The van der Waals surface area contributed by atoms with Gasteiger partial charge in [0.05, 0.1) is 6.61 Å². The summed E-state index contributed by atoms with van der Waals surface area (Å²) >= 11 is 6.04. The molecule has 0 spiro atoms. The van der Waals surface area contributed by atoms with Crippen molar-refractivity contribution < 1.29 is 13.9 Å². The summed E-state index contributed by atoms with van der Waals surface area (Å²) in [6.07, 6.45) is 3.12. The molecule has 116 valence electrons. The largest absolute Gasteiger partial charge is 0.383 e. The molecule has 0 atom stereocenters. The van der Waals surface area contributed by atoms with Crippen LogP contribution < -0.4 is 0 Å². The van der Waals surface area contributed by atoms with Crippen LogP contribution in [-0.4, -0.2) is 36.1 Å². The van der Waals surface area contributed by atoms with Gasteiger partial charge in [0.25, 0.3) is 5.91 Å². The number of benzene rings is 1. The molecule has 2 aromatic rings. The smallest absolute Gasteiger partial charge is 0.254 e. The molecule has 1 amide bonds. The highest BCUT2D eigenvalue weighted by molar-refractivity contribution is 6.31. The van der Waals surface area contributed by atoms with Gasteiger partial charge < -0.3 is 9.64 Å². The molecule has 0 aliphatic heterocycles. The lowest BCUT2D eigenvalue weighted by molar-refractivity contribution is 0.0680. The lowest BCUT2D eigenvalue weighted by atomic mass is 10.1. The van der Waals surface area contributed by atoms with Crippen LogP contribution in [0.4, 0.5) is 4.39 Å². The average Bonchev–Trinajstić information content (AvgIpc) is 2.53. The second kappa shape index (κ2) is 7.87. The van der Waals surface area contributed by atoms with Gasteiger partial charge in [0.2, 0.25) is 0 Å². The van der Waals surface area contributed by atoms with E-state index in [1.54, 1.807) is 42.6 Å². The third kappa shape index (κ3) is 4.26. The van der Waals surface area contributed by atoms with Crippen molar-refractivity contribution in [1.29, 1.82) is 0 Å². The second-order valence-electron chi connectivity index (χ2n) is 4.69. The summed E-state index contributed by atoms with van der Waals surface area (Å²) < 4.78 is 18.2. The molecule has 0 unspecified atom stereocenters. The zero-order valence-corrected chi connectivity index (χ0v) is 12.9. The third-order valence-corrected chi connectivity index (χ3v) is 3.51. The van der Waals surface area contributed by atoms with Gasteiger partial charge in [-0.05, 0) is 29.8 Å². The quantitative estimate of drug-likeness (QED) is 0.820. The Morgan fingerprint density at radius 1 is 1.32 bits per heavy atom. The summed E-state index contributed by atoms with van der Waals surface area (Å²) in [6, 6.07) is 7.44. The number of nitrogens with zero attached hydrogens (tertiary/aromatic N) is 2. The molecule has 0 saturated heterocycles. The fourth-order valence-corrected chi connectivity index (χ4v) is 2.21. The normalized spacial score (nSPS) is 10.5. The summed E-state index contributed by atoms with van der Waals surface area (Å²) in [7, 11) is 1.57. The Morgan fingerprint density at radius 2 is 2.05 bits per heavy atom. The maximum atomic E-state index is 13.1. The second-order valence-corrected chi connectivity index (χ2v) is 5.10. The van der Waals surface area contributed by atoms with Crippen molar-refractivity contribution in [1.82, 2.24) is 9.88 Å². The third-order valence-electron chi connectivity index (χ3n) is 3.16. The Kier molecular flexibility index (Phi) is 5.86. The van der Waals surface area contributed by atoms with E-state index in [-0.39, 0.29) is 12.5 Å². The van der Waals surface area contributed by atoms with Crippen molar-refractivity contribution in [3.63, 3.8) is 0 Å². The molecule has 0 bridgehead atoms. The molecule has 0 radical (unpaired) electrons. The first-order valence-electron chi connectivity index (χ1n) is 6.74. The number of aromatic nitrogens is 1. The van der Waals surface area contributed by atoms with Crippen LogP contribution in [0.5, 0.6) is 0 Å². The summed E-state index contributed by atoms with van der Waals surface area (Å²) in [4.78, 5) is 18.1. The molecule has 2 rings (SSSR count). The minimum atomic E-state index is -0.405. The molecule has 6 heteroatoms. The Labute approximate surface area is 133 Å². The summed E-state index contributed by atoms with van der Waals surface area (Å²) in [5.74, 6) is -0.558. The van der Waals surface area contributed by atoms with Crippen molar-refractivity contribution in [3.05, 3.63) is 64.7 Å². The first-order valence-corrected chi connectivity index (χ1v) is 7.12. The number of hydrogen-bond donors (Lipinski definition) is 0. The number of ether oxygens (including phenoxy) is 1. The van der Waals surface area contributed by atoms with E-state index in [0.717, 1.165) is 0 Å². The highest BCUT2D eigenvalue weighted by Crippen LogP contribution is 2.20. The van der Waals surface area contributed by atoms with Gasteiger partial charge in [-0.15, -0.1) is 0 Å². The molecule has 0 fully saturated rings. The van der Waals surface area contributed by atoms with Gasteiger partial charge in [-0.2, -0.15) is 0 Å². The molecule has 1 heterocycles. The molecule has 0 saturated carbocycles.